The Kier molecular flexibility index (Phi) is 4.51. The molecule has 0 bridgehead atoms. The van der Waals surface area contributed by atoms with Gasteiger partial charge in [-0.2, -0.15) is 0 Å². The Morgan fingerprint density at radius 3 is 3.18 bits per heavy atom. The van der Waals surface area contributed by atoms with Gasteiger partial charge in [-0.15, -0.1) is 0 Å². The quantitative estimate of drug-likeness (QED) is 0.864. The molecular formula is C14H23N3. The summed E-state index contributed by atoms with van der Waals surface area (Å²) >= 11 is 0. The third-order valence-electron chi connectivity index (χ3n) is 3.72. The van der Waals surface area contributed by atoms with Gasteiger partial charge in [0, 0.05) is 25.5 Å². The maximum absolute atomic E-state index is 5.65. The summed E-state index contributed by atoms with van der Waals surface area (Å²) in [4.78, 5) is 6.77. The summed E-state index contributed by atoms with van der Waals surface area (Å²) in [6, 6.07) is 2.09. The summed E-state index contributed by atoms with van der Waals surface area (Å²) in [5, 5.41) is 0. The summed E-state index contributed by atoms with van der Waals surface area (Å²) in [5.74, 6) is 0.797. The summed E-state index contributed by atoms with van der Waals surface area (Å²) in [7, 11) is 0. The van der Waals surface area contributed by atoms with Gasteiger partial charge in [0.2, 0.25) is 0 Å². The maximum atomic E-state index is 5.65. The third-order valence-corrected chi connectivity index (χ3v) is 3.72. The van der Waals surface area contributed by atoms with Gasteiger partial charge in [-0.3, -0.25) is 9.88 Å². The number of rotatable bonds is 4. The van der Waals surface area contributed by atoms with Crippen molar-refractivity contribution in [3.05, 3.63) is 29.6 Å². The van der Waals surface area contributed by atoms with E-state index in [1.54, 1.807) is 0 Å². The molecule has 2 rings (SSSR count). The molecule has 0 aromatic carbocycles. The van der Waals surface area contributed by atoms with Crippen molar-refractivity contribution in [3.8, 4) is 0 Å². The van der Waals surface area contributed by atoms with Gasteiger partial charge in [0.15, 0.2) is 0 Å². The highest BCUT2D eigenvalue weighted by atomic mass is 15.1. The minimum atomic E-state index is 0.797. The average Bonchev–Trinajstić information content (AvgIpc) is 2.33. The number of nitrogens with zero attached hydrogens (tertiary/aromatic N) is 2. The number of aryl methyl sites for hydroxylation is 1. The SMILES string of the molecule is Cc1ccncc1CN1CCCC(CCN)C1. The fourth-order valence-corrected chi connectivity index (χ4v) is 2.67. The summed E-state index contributed by atoms with van der Waals surface area (Å²) in [6.45, 7) is 6.45. The Morgan fingerprint density at radius 1 is 1.53 bits per heavy atom. The summed E-state index contributed by atoms with van der Waals surface area (Å²) in [6.07, 6.45) is 7.69. The molecule has 2 heterocycles. The first-order valence-corrected chi connectivity index (χ1v) is 6.61. The lowest BCUT2D eigenvalue weighted by atomic mass is 9.94. The number of hydrogen-bond acceptors (Lipinski definition) is 3. The van der Waals surface area contributed by atoms with Gasteiger partial charge < -0.3 is 5.73 Å². The van der Waals surface area contributed by atoms with Crippen LogP contribution in [0.2, 0.25) is 0 Å². The molecule has 17 heavy (non-hydrogen) atoms. The number of pyridine rings is 1. The van der Waals surface area contributed by atoms with Crippen molar-refractivity contribution in [1.82, 2.24) is 9.88 Å². The van der Waals surface area contributed by atoms with Gasteiger partial charge in [0.1, 0.15) is 0 Å². The monoisotopic (exact) mass is 233 g/mol. The van der Waals surface area contributed by atoms with E-state index in [-0.39, 0.29) is 0 Å². The Labute approximate surface area is 104 Å². The van der Waals surface area contributed by atoms with Crippen LogP contribution in [0, 0.1) is 12.8 Å². The van der Waals surface area contributed by atoms with Crippen molar-refractivity contribution in [2.75, 3.05) is 19.6 Å². The first-order chi connectivity index (χ1) is 8.29. The molecule has 1 saturated heterocycles. The lowest BCUT2D eigenvalue weighted by Gasteiger charge is -2.32. The molecule has 1 aliphatic rings. The first-order valence-electron chi connectivity index (χ1n) is 6.61. The second-order valence-corrected chi connectivity index (χ2v) is 5.12. The highest BCUT2D eigenvalue weighted by Crippen LogP contribution is 2.21. The molecule has 94 valence electrons. The molecule has 1 aromatic rings. The zero-order valence-electron chi connectivity index (χ0n) is 10.7. The molecule has 1 atom stereocenters. The fraction of sp³-hybridized carbons (Fsp3) is 0.643. The van der Waals surface area contributed by atoms with Crippen LogP contribution < -0.4 is 5.73 Å². The Bertz CT molecular complexity index is 349. The van der Waals surface area contributed by atoms with E-state index < -0.39 is 0 Å². The second-order valence-electron chi connectivity index (χ2n) is 5.12. The molecular weight excluding hydrogens is 210 g/mol. The molecule has 1 unspecified atom stereocenters. The highest BCUT2D eigenvalue weighted by Gasteiger charge is 2.19. The van der Waals surface area contributed by atoms with Gasteiger partial charge in [-0.05, 0) is 62.4 Å². The van der Waals surface area contributed by atoms with Crippen LogP contribution in [0.3, 0.4) is 0 Å². The molecule has 1 fully saturated rings. The van der Waals surface area contributed by atoms with Crippen molar-refractivity contribution in [3.63, 3.8) is 0 Å². The van der Waals surface area contributed by atoms with Crippen LogP contribution in [0.1, 0.15) is 30.4 Å². The van der Waals surface area contributed by atoms with Gasteiger partial charge in [-0.1, -0.05) is 0 Å². The predicted molar refractivity (Wildman–Crippen MR) is 70.6 cm³/mol. The minimum absolute atomic E-state index is 0.797. The minimum Gasteiger partial charge on any atom is -0.330 e. The largest absolute Gasteiger partial charge is 0.330 e. The van der Waals surface area contributed by atoms with Gasteiger partial charge in [0.25, 0.3) is 0 Å². The van der Waals surface area contributed by atoms with Crippen molar-refractivity contribution in [2.24, 2.45) is 11.7 Å². The molecule has 2 N–H and O–H groups in total. The van der Waals surface area contributed by atoms with Crippen LogP contribution in [0.4, 0.5) is 0 Å². The molecule has 1 aliphatic heterocycles. The number of hydrogen-bond donors (Lipinski definition) is 1. The van der Waals surface area contributed by atoms with E-state index in [9.17, 15) is 0 Å². The zero-order chi connectivity index (χ0) is 12.1. The third kappa shape index (κ3) is 3.51. The van der Waals surface area contributed by atoms with Crippen LogP contribution in [-0.2, 0) is 6.54 Å². The maximum Gasteiger partial charge on any atom is 0.0315 e. The van der Waals surface area contributed by atoms with E-state index in [0.29, 0.717) is 0 Å². The zero-order valence-corrected chi connectivity index (χ0v) is 10.7. The highest BCUT2D eigenvalue weighted by molar-refractivity contribution is 5.21. The van der Waals surface area contributed by atoms with Gasteiger partial charge in [0.05, 0.1) is 0 Å². The van der Waals surface area contributed by atoms with Crippen molar-refractivity contribution < 1.29 is 0 Å². The van der Waals surface area contributed by atoms with E-state index in [1.807, 2.05) is 12.4 Å². The summed E-state index contributed by atoms with van der Waals surface area (Å²) < 4.78 is 0. The van der Waals surface area contributed by atoms with Crippen molar-refractivity contribution in [1.29, 1.82) is 0 Å². The first kappa shape index (κ1) is 12.5. The van der Waals surface area contributed by atoms with Crippen molar-refractivity contribution >= 4 is 0 Å². The lowest BCUT2D eigenvalue weighted by Crippen LogP contribution is -2.35. The number of nitrogens with two attached hydrogens (primary N) is 1. The molecule has 1 aromatic heterocycles. The standard InChI is InChI=1S/C14H23N3/c1-12-5-7-16-9-14(12)11-17-8-2-3-13(10-17)4-6-15/h5,7,9,13H,2-4,6,8,10-11,15H2,1H3. The van der Waals surface area contributed by atoms with Crippen LogP contribution in [0.5, 0.6) is 0 Å². The predicted octanol–water partition coefficient (Wildman–Crippen LogP) is 1.95. The molecule has 0 saturated carbocycles. The van der Waals surface area contributed by atoms with Crippen LogP contribution >= 0.6 is 0 Å². The van der Waals surface area contributed by atoms with Crippen LogP contribution in [-0.4, -0.2) is 29.5 Å². The topological polar surface area (TPSA) is 42.2 Å². The van der Waals surface area contributed by atoms with Gasteiger partial charge >= 0.3 is 0 Å². The smallest absolute Gasteiger partial charge is 0.0315 e. The number of likely N-dealkylation sites (tertiary alicyclic amines) is 1. The van der Waals surface area contributed by atoms with Crippen LogP contribution in [0.15, 0.2) is 18.5 Å². The molecule has 0 spiro atoms. The molecule has 3 nitrogen and oxygen atoms in total. The number of piperidine rings is 1. The number of aromatic nitrogens is 1. The molecule has 3 heteroatoms. The van der Waals surface area contributed by atoms with E-state index in [4.69, 9.17) is 5.73 Å². The van der Waals surface area contributed by atoms with Gasteiger partial charge in [-0.25, -0.2) is 0 Å². The van der Waals surface area contributed by atoms with Crippen LogP contribution in [0.25, 0.3) is 0 Å². The van der Waals surface area contributed by atoms with E-state index >= 15 is 0 Å². The second kappa shape index (κ2) is 6.12. The Morgan fingerprint density at radius 2 is 2.41 bits per heavy atom. The Balaban J connectivity index is 1.92. The lowest BCUT2D eigenvalue weighted by molar-refractivity contribution is 0.162. The summed E-state index contributed by atoms with van der Waals surface area (Å²) in [5.41, 5.74) is 8.36. The average molecular weight is 233 g/mol. The molecule has 0 radical (unpaired) electrons. The fourth-order valence-electron chi connectivity index (χ4n) is 2.67. The molecule has 0 aliphatic carbocycles. The normalized spacial score (nSPS) is 21.6. The van der Waals surface area contributed by atoms with Crippen molar-refractivity contribution in [2.45, 2.75) is 32.7 Å². The van der Waals surface area contributed by atoms with E-state index in [1.165, 1.54) is 43.5 Å². The Hall–Kier alpha value is -0.930. The van der Waals surface area contributed by atoms with E-state index in [0.717, 1.165) is 19.0 Å². The van der Waals surface area contributed by atoms with E-state index in [2.05, 4.69) is 22.9 Å². The molecule has 0 amide bonds.